The number of hydrogen-bond donors (Lipinski definition) is 2. The molecular formula is C21H27N3O5. The van der Waals surface area contributed by atoms with Crippen LogP contribution in [0.4, 0.5) is 4.79 Å². The number of fused-ring (bicyclic) bond motifs is 1. The Morgan fingerprint density at radius 3 is 2.55 bits per heavy atom. The first kappa shape index (κ1) is 19.5. The molecule has 4 rings (SSSR count). The minimum Gasteiger partial charge on any atom is -0.486 e. The highest BCUT2D eigenvalue weighted by Crippen LogP contribution is 2.34. The van der Waals surface area contributed by atoms with E-state index >= 15 is 0 Å². The Bertz CT molecular complexity index is 817. The van der Waals surface area contributed by atoms with E-state index in [1.807, 2.05) is 25.1 Å². The lowest BCUT2D eigenvalue weighted by Gasteiger charge is -2.25. The van der Waals surface area contributed by atoms with E-state index < -0.39 is 11.6 Å². The van der Waals surface area contributed by atoms with Gasteiger partial charge in [0.25, 0.3) is 5.91 Å². The molecular weight excluding hydrogens is 374 g/mol. The second-order valence-electron chi connectivity index (χ2n) is 8.01. The summed E-state index contributed by atoms with van der Waals surface area (Å²) in [4.78, 5) is 38.9. The third-order valence-electron chi connectivity index (χ3n) is 5.95. The summed E-state index contributed by atoms with van der Waals surface area (Å²) >= 11 is 0. The van der Waals surface area contributed by atoms with Crippen LogP contribution in [0.2, 0.25) is 0 Å². The number of benzene rings is 1. The quantitative estimate of drug-likeness (QED) is 0.755. The summed E-state index contributed by atoms with van der Waals surface area (Å²) in [6.07, 6.45) is 5.24. The van der Waals surface area contributed by atoms with Crippen LogP contribution in [0.25, 0.3) is 0 Å². The number of nitrogens with zero attached hydrogens (tertiary/aromatic N) is 1. The third-order valence-corrected chi connectivity index (χ3v) is 5.95. The SMILES string of the molecule is CC(NC(=O)CN1C(=O)NC2(CCCCCC2)C1=O)c1ccc2c(c1)OCCO2. The van der Waals surface area contributed by atoms with Crippen LogP contribution >= 0.6 is 0 Å². The maximum absolute atomic E-state index is 12.9. The first-order valence-electron chi connectivity index (χ1n) is 10.3. The van der Waals surface area contributed by atoms with Gasteiger partial charge in [0, 0.05) is 0 Å². The van der Waals surface area contributed by atoms with E-state index in [0.29, 0.717) is 37.6 Å². The van der Waals surface area contributed by atoms with Crippen LogP contribution in [0, 0.1) is 0 Å². The number of amides is 4. The first-order valence-corrected chi connectivity index (χ1v) is 10.3. The Kier molecular flexibility index (Phi) is 5.34. The largest absolute Gasteiger partial charge is 0.486 e. The topological polar surface area (TPSA) is 97.0 Å². The van der Waals surface area contributed by atoms with Crippen molar-refractivity contribution in [1.82, 2.24) is 15.5 Å². The number of ether oxygens (including phenoxy) is 2. The maximum atomic E-state index is 12.9. The molecule has 156 valence electrons. The van der Waals surface area contributed by atoms with Crippen molar-refractivity contribution in [2.75, 3.05) is 19.8 Å². The molecule has 4 amide bonds. The molecule has 1 atom stereocenters. The normalized spacial score (nSPS) is 21.5. The number of urea groups is 1. The van der Waals surface area contributed by atoms with Crippen LogP contribution < -0.4 is 20.1 Å². The van der Waals surface area contributed by atoms with Crippen molar-refractivity contribution in [3.8, 4) is 11.5 Å². The number of carbonyl (C=O) groups is 3. The predicted molar refractivity (Wildman–Crippen MR) is 105 cm³/mol. The lowest BCUT2D eigenvalue weighted by Crippen LogP contribution is -2.47. The number of carbonyl (C=O) groups excluding carboxylic acids is 3. The second kappa shape index (κ2) is 7.93. The van der Waals surface area contributed by atoms with Crippen molar-refractivity contribution in [3.63, 3.8) is 0 Å². The van der Waals surface area contributed by atoms with Gasteiger partial charge >= 0.3 is 6.03 Å². The molecule has 0 bridgehead atoms. The van der Waals surface area contributed by atoms with Gasteiger partial charge in [0.15, 0.2) is 11.5 Å². The van der Waals surface area contributed by atoms with Crippen molar-refractivity contribution in [1.29, 1.82) is 0 Å². The Morgan fingerprint density at radius 1 is 1.14 bits per heavy atom. The molecule has 1 saturated carbocycles. The smallest absolute Gasteiger partial charge is 0.325 e. The molecule has 1 spiro atoms. The zero-order chi connectivity index (χ0) is 20.4. The number of nitrogens with one attached hydrogen (secondary N) is 2. The van der Waals surface area contributed by atoms with Gasteiger partial charge in [-0.3, -0.25) is 14.5 Å². The second-order valence-corrected chi connectivity index (χ2v) is 8.01. The van der Waals surface area contributed by atoms with Gasteiger partial charge in [0.05, 0.1) is 6.04 Å². The highest BCUT2D eigenvalue weighted by Gasteiger charge is 2.51. The molecule has 2 aliphatic heterocycles. The molecule has 0 radical (unpaired) electrons. The Hall–Kier alpha value is -2.77. The molecule has 0 aromatic heterocycles. The van der Waals surface area contributed by atoms with E-state index in [1.54, 1.807) is 0 Å². The minimum absolute atomic E-state index is 0.272. The molecule has 2 N–H and O–H groups in total. The van der Waals surface area contributed by atoms with E-state index in [2.05, 4.69) is 10.6 Å². The summed E-state index contributed by atoms with van der Waals surface area (Å²) in [5, 5.41) is 5.73. The highest BCUT2D eigenvalue weighted by atomic mass is 16.6. The monoisotopic (exact) mass is 401 g/mol. The van der Waals surface area contributed by atoms with Crippen LogP contribution in [0.1, 0.15) is 57.1 Å². The van der Waals surface area contributed by atoms with Crippen LogP contribution in [-0.2, 0) is 9.59 Å². The zero-order valence-corrected chi connectivity index (χ0v) is 16.7. The summed E-state index contributed by atoms with van der Waals surface area (Å²) in [7, 11) is 0. The Balaban J connectivity index is 1.39. The fourth-order valence-corrected chi connectivity index (χ4v) is 4.33. The van der Waals surface area contributed by atoms with E-state index in [9.17, 15) is 14.4 Å². The van der Waals surface area contributed by atoms with Crippen molar-refractivity contribution in [2.45, 2.75) is 57.0 Å². The summed E-state index contributed by atoms with van der Waals surface area (Å²) in [5.74, 6) is 0.693. The Labute approximate surface area is 169 Å². The first-order chi connectivity index (χ1) is 14.0. The fraction of sp³-hybridized carbons (Fsp3) is 0.571. The molecule has 1 aromatic rings. The molecule has 2 heterocycles. The van der Waals surface area contributed by atoms with E-state index in [1.165, 1.54) is 0 Å². The molecule has 29 heavy (non-hydrogen) atoms. The number of rotatable bonds is 4. The van der Waals surface area contributed by atoms with E-state index in [-0.39, 0.29) is 24.4 Å². The molecule has 3 aliphatic rings. The molecule has 1 unspecified atom stereocenters. The number of hydrogen-bond acceptors (Lipinski definition) is 5. The lowest BCUT2D eigenvalue weighted by atomic mass is 9.90. The van der Waals surface area contributed by atoms with Crippen LogP contribution in [-0.4, -0.2) is 48.0 Å². The van der Waals surface area contributed by atoms with Gasteiger partial charge in [0.2, 0.25) is 5.91 Å². The van der Waals surface area contributed by atoms with Gasteiger partial charge in [-0.2, -0.15) is 0 Å². The van der Waals surface area contributed by atoms with E-state index in [4.69, 9.17) is 9.47 Å². The molecule has 8 heteroatoms. The molecule has 8 nitrogen and oxygen atoms in total. The average molecular weight is 401 g/mol. The van der Waals surface area contributed by atoms with Crippen LogP contribution in [0.3, 0.4) is 0 Å². The number of imide groups is 1. The van der Waals surface area contributed by atoms with Gasteiger partial charge in [-0.1, -0.05) is 31.7 Å². The molecule has 2 fully saturated rings. The average Bonchev–Trinajstić information content (AvgIpc) is 2.88. The van der Waals surface area contributed by atoms with Crippen LogP contribution in [0.5, 0.6) is 11.5 Å². The van der Waals surface area contributed by atoms with Gasteiger partial charge < -0.3 is 20.1 Å². The predicted octanol–water partition coefficient (Wildman–Crippen LogP) is 2.28. The van der Waals surface area contributed by atoms with Crippen LogP contribution in [0.15, 0.2) is 18.2 Å². The zero-order valence-electron chi connectivity index (χ0n) is 16.7. The standard InChI is InChI=1S/C21H27N3O5/c1-14(15-6-7-16-17(12-15)29-11-10-28-16)22-18(25)13-24-19(26)21(23-20(24)27)8-4-2-3-5-9-21/h6-7,12,14H,2-5,8-11,13H2,1H3,(H,22,25)(H,23,27). The lowest BCUT2D eigenvalue weighted by molar-refractivity contribution is -0.135. The summed E-state index contributed by atoms with van der Waals surface area (Å²) < 4.78 is 11.1. The molecule has 1 aromatic carbocycles. The maximum Gasteiger partial charge on any atom is 0.325 e. The minimum atomic E-state index is -0.824. The van der Waals surface area contributed by atoms with Crippen molar-refractivity contribution >= 4 is 17.8 Å². The summed E-state index contributed by atoms with van der Waals surface area (Å²) in [6, 6.07) is 4.75. The van der Waals surface area contributed by atoms with Crippen molar-refractivity contribution < 1.29 is 23.9 Å². The summed E-state index contributed by atoms with van der Waals surface area (Å²) in [6.45, 7) is 2.58. The summed E-state index contributed by atoms with van der Waals surface area (Å²) in [5.41, 5.74) is 0.0371. The van der Waals surface area contributed by atoms with Gasteiger partial charge in [-0.05, 0) is 37.5 Å². The van der Waals surface area contributed by atoms with Gasteiger partial charge in [-0.15, -0.1) is 0 Å². The van der Waals surface area contributed by atoms with Gasteiger partial charge in [-0.25, -0.2) is 4.79 Å². The highest BCUT2D eigenvalue weighted by molar-refractivity contribution is 6.09. The van der Waals surface area contributed by atoms with Gasteiger partial charge in [0.1, 0.15) is 25.3 Å². The van der Waals surface area contributed by atoms with Crippen molar-refractivity contribution in [3.05, 3.63) is 23.8 Å². The molecule has 1 saturated heterocycles. The van der Waals surface area contributed by atoms with E-state index in [0.717, 1.165) is 36.1 Å². The fourth-order valence-electron chi connectivity index (χ4n) is 4.33. The Morgan fingerprint density at radius 2 is 1.83 bits per heavy atom. The molecule has 1 aliphatic carbocycles. The van der Waals surface area contributed by atoms with Crippen molar-refractivity contribution in [2.24, 2.45) is 0 Å². The third kappa shape index (κ3) is 3.88.